The van der Waals surface area contributed by atoms with Crippen molar-refractivity contribution < 1.29 is 14.4 Å². The van der Waals surface area contributed by atoms with Crippen molar-refractivity contribution in [1.82, 2.24) is 15.1 Å². The second-order valence-corrected chi connectivity index (χ2v) is 11.3. The second kappa shape index (κ2) is 14.1. The first-order chi connectivity index (χ1) is 17.9. The van der Waals surface area contributed by atoms with Crippen LogP contribution in [-0.4, -0.2) is 65.3 Å². The van der Waals surface area contributed by atoms with Crippen LogP contribution in [0.25, 0.3) is 0 Å². The van der Waals surface area contributed by atoms with E-state index in [1.165, 1.54) is 0 Å². The summed E-state index contributed by atoms with van der Waals surface area (Å²) in [6.07, 6.45) is 4.68. The zero-order chi connectivity index (χ0) is 28.6. The third-order valence-electron chi connectivity index (χ3n) is 7.25. The monoisotopic (exact) mass is 523 g/mol. The van der Waals surface area contributed by atoms with E-state index in [9.17, 15) is 14.4 Å². The van der Waals surface area contributed by atoms with Gasteiger partial charge in [-0.15, -0.1) is 0 Å². The fourth-order valence-corrected chi connectivity index (χ4v) is 4.96. The number of hydrogen-bond donors (Lipinski definition) is 2. The first kappa shape index (κ1) is 31.0. The van der Waals surface area contributed by atoms with Gasteiger partial charge in [-0.05, 0) is 70.2 Å². The molecule has 38 heavy (non-hydrogen) atoms. The lowest BCUT2D eigenvalue weighted by atomic mass is 9.95. The van der Waals surface area contributed by atoms with Crippen molar-refractivity contribution >= 4 is 23.4 Å². The molecule has 1 aliphatic rings. The maximum Gasteiger partial charge on any atom is 0.251 e. The van der Waals surface area contributed by atoms with E-state index >= 15 is 0 Å². The number of amides is 3. The molecule has 3 atom stereocenters. The molecule has 1 unspecified atom stereocenters. The molecule has 1 aromatic carbocycles. The SMILES string of the molecule is CC(=C[C@H](C(C)C)N(C)C(=O)[C@@H](NC(=O)C1CCCCN1C(C)C)C(C)C)C(=O)Nc1cccc(C#N)c1. The van der Waals surface area contributed by atoms with Gasteiger partial charge >= 0.3 is 0 Å². The lowest BCUT2D eigenvalue weighted by Crippen LogP contribution is -2.58. The minimum Gasteiger partial charge on any atom is -0.343 e. The van der Waals surface area contributed by atoms with Crippen LogP contribution in [-0.2, 0) is 14.4 Å². The van der Waals surface area contributed by atoms with Crippen LogP contribution in [0.2, 0.25) is 0 Å². The number of anilines is 1. The van der Waals surface area contributed by atoms with E-state index in [1.54, 1.807) is 49.2 Å². The number of likely N-dealkylation sites (N-methyl/N-ethyl adjacent to an activating group) is 1. The third-order valence-corrected chi connectivity index (χ3v) is 7.25. The Kier molecular flexibility index (Phi) is 11.5. The summed E-state index contributed by atoms with van der Waals surface area (Å²) in [5.41, 5.74) is 1.46. The zero-order valence-corrected chi connectivity index (χ0v) is 24.2. The van der Waals surface area contributed by atoms with E-state index in [1.807, 2.05) is 27.7 Å². The van der Waals surface area contributed by atoms with Crippen LogP contribution in [0.15, 0.2) is 35.9 Å². The molecule has 0 aliphatic carbocycles. The first-order valence-corrected chi connectivity index (χ1v) is 13.7. The zero-order valence-electron chi connectivity index (χ0n) is 24.2. The fraction of sp³-hybridized carbons (Fsp3) is 0.600. The predicted octanol–water partition coefficient (Wildman–Crippen LogP) is 4.33. The molecule has 1 saturated heterocycles. The number of carbonyl (C=O) groups excluding carboxylic acids is 3. The van der Waals surface area contributed by atoms with Gasteiger partial charge in [0.25, 0.3) is 5.91 Å². The summed E-state index contributed by atoms with van der Waals surface area (Å²) in [5, 5.41) is 15.0. The van der Waals surface area contributed by atoms with Crippen LogP contribution in [0, 0.1) is 23.2 Å². The minimum atomic E-state index is -0.666. The van der Waals surface area contributed by atoms with Gasteiger partial charge in [-0.1, -0.05) is 46.3 Å². The summed E-state index contributed by atoms with van der Waals surface area (Å²) in [6.45, 7) is 14.7. The molecule has 0 radical (unpaired) electrons. The molecule has 8 nitrogen and oxygen atoms in total. The van der Waals surface area contributed by atoms with Gasteiger partial charge in [0.05, 0.1) is 23.7 Å². The number of benzene rings is 1. The van der Waals surface area contributed by atoms with Crippen LogP contribution in [0.5, 0.6) is 0 Å². The van der Waals surface area contributed by atoms with Gasteiger partial charge in [0.1, 0.15) is 6.04 Å². The highest BCUT2D eigenvalue weighted by Gasteiger charge is 2.36. The normalized spacial score (nSPS) is 18.2. The van der Waals surface area contributed by atoms with Crippen LogP contribution < -0.4 is 10.6 Å². The molecule has 2 N–H and O–H groups in total. The van der Waals surface area contributed by atoms with Crippen molar-refractivity contribution in [3.05, 3.63) is 41.5 Å². The Morgan fingerprint density at radius 3 is 2.37 bits per heavy atom. The second-order valence-electron chi connectivity index (χ2n) is 11.3. The van der Waals surface area contributed by atoms with Crippen LogP contribution in [0.3, 0.4) is 0 Å². The van der Waals surface area contributed by atoms with E-state index in [2.05, 4.69) is 35.5 Å². The van der Waals surface area contributed by atoms with Gasteiger partial charge in [0.2, 0.25) is 11.8 Å². The van der Waals surface area contributed by atoms with Gasteiger partial charge in [-0.2, -0.15) is 5.26 Å². The van der Waals surface area contributed by atoms with Crippen LogP contribution in [0.4, 0.5) is 5.69 Å². The summed E-state index contributed by atoms with van der Waals surface area (Å²) >= 11 is 0. The van der Waals surface area contributed by atoms with Gasteiger partial charge in [-0.3, -0.25) is 19.3 Å². The maximum absolute atomic E-state index is 13.7. The van der Waals surface area contributed by atoms with Crippen molar-refractivity contribution in [3.63, 3.8) is 0 Å². The summed E-state index contributed by atoms with van der Waals surface area (Å²) < 4.78 is 0. The van der Waals surface area contributed by atoms with Gasteiger partial charge < -0.3 is 15.5 Å². The van der Waals surface area contributed by atoms with Crippen LogP contribution in [0.1, 0.15) is 73.3 Å². The molecule has 3 amide bonds. The maximum atomic E-state index is 13.7. The number of nitrogens with zero attached hydrogens (tertiary/aromatic N) is 3. The molecule has 0 saturated carbocycles. The van der Waals surface area contributed by atoms with E-state index < -0.39 is 6.04 Å². The number of hydrogen-bond acceptors (Lipinski definition) is 5. The standard InChI is InChI=1S/C30H45N5O3/c1-19(2)26(16-22(7)28(36)32-24-13-11-12-23(17-24)18-31)34(8)30(38)27(20(3)4)33-29(37)25-14-9-10-15-35(25)21(5)6/h11-13,16-17,19-21,25-27H,9-10,14-15H2,1-8H3,(H,32,36)(H,33,37)/t25?,26-,27+/m1/s1. The number of rotatable bonds is 10. The number of likely N-dealkylation sites (tertiary alicyclic amines) is 1. The molecule has 0 aromatic heterocycles. The topological polar surface area (TPSA) is 106 Å². The Balaban J connectivity index is 2.19. The molecular weight excluding hydrogens is 478 g/mol. The largest absolute Gasteiger partial charge is 0.343 e. The first-order valence-electron chi connectivity index (χ1n) is 13.7. The predicted molar refractivity (Wildman–Crippen MR) is 151 cm³/mol. The molecule has 208 valence electrons. The Morgan fingerprint density at radius 2 is 1.79 bits per heavy atom. The fourth-order valence-electron chi connectivity index (χ4n) is 4.96. The smallest absolute Gasteiger partial charge is 0.251 e. The summed E-state index contributed by atoms with van der Waals surface area (Å²) in [7, 11) is 1.73. The summed E-state index contributed by atoms with van der Waals surface area (Å²) in [6, 6.07) is 7.81. The Morgan fingerprint density at radius 1 is 1.11 bits per heavy atom. The summed E-state index contributed by atoms with van der Waals surface area (Å²) in [5.74, 6) is -0.632. The number of piperidine rings is 1. The average Bonchev–Trinajstić information content (AvgIpc) is 2.88. The lowest BCUT2D eigenvalue weighted by Gasteiger charge is -2.39. The average molecular weight is 524 g/mol. The minimum absolute atomic E-state index is 0.0342. The number of nitriles is 1. The highest BCUT2D eigenvalue weighted by molar-refractivity contribution is 6.03. The molecule has 1 heterocycles. The molecule has 0 bridgehead atoms. The molecule has 1 aromatic rings. The van der Waals surface area contributed by atoms with Gasteiger partial charge in [-0.25, -0.2) is 0 Å². The Labute approximate surface area is 228 Å². The molecular formula is C30H45N5O3. The van der Waals surface area contributed by atoms with E-state index in [4.69, 9.17) is 5.26 Å². The summed E-state index contributed by atoms with van der Waals surface area (Å²) in [4.78, 5) is 43.8. The van der Waals surface area contributed by atoms with E-state index in [0.29, 0.717) is 16.8 Å². The highest BCUT2D eigenvalue weighted by Crippen LogP contribution is 2.22. The Bertz CT molecular complexity index is 1060. The van der Waals surface area contributed by atoms with Crippen molar-refractivity contribution in [2.75, 3.05) is 18.9 Å². The number of carbonyl (C=O) groups is 3. The lowest BCUT2D eigenvalue weighted by molar-refractivity contribution is -0.140. The third kappa shape index (κ3) is 8.16. The van der Waals surface area contributed by atoms with Crippen molar-refractivity contribution in [2.24, 2.45) is 11.8 Å². The number of nitrogens with one attached hydrogen (secondary N) is 2. The van der Waals surface area contributed by atoms with Crippen molar-refractivity contribution in [1.29, 1.82) is 5.26 Å². The molecule has 8 heteroatoms. The van der Waals surface area contributed by atoms with E-state index in [0.717, 1.165) is 25.8 Å². The molecule has 1 aliphatic heterocycles. The molecule has 1 fully saturated rings. The quantitative estimate of drug-likeness (QED) is 0.444. The Hall–Kier alpha value is -3.18. The van der Waals surface area contributed by atoms with Gasteiger partial charge in [0.15, 0.2) is 0 Å². The molecule has 0 spiro atoms. The van der Waals surface area contributed by atoms with Crippen molar-refractivity contribution in [3.8, 4) is 6.07 Å². The van der Waals surface area contributed by atoms with Crippen LogP contribution >= 0.6 is 0 Å². The van der Waals surface area contributed by atoms with Crippen molar-refractivity contribution in [2.45, 2.75) is 91.9 Å². The van der Waals surface area contributed by atoms with Gasteiger partial charge in [0, 0.05) is 24.4 Å². The molecule has 2 rings (SSSR count). The van der Waals surface area contributed by atoms with E-state index in [-0.39, 0.29) is 47.7 Å². The highest BCUT2D eigenvalue weighted by atomic mass is 16.2.